The lowest BCUT2D eigenvalue weighted by molar-refractivity contribution is 0.0953. The normalized spacial score (nSPS) is 10.7. The van der Waals surface area contributed by atoms with E-state index >= 15 is 0 Å². The van der Waals surface area contributed by atoms with Crippen LogP contribution in [0.15, 0.2) is 66.0 Å². The molecule has 1 aromatic heterocycles. The Bertz CT molecular complexity index is 1130. The molecule has 6 nitrogen and oxygen atoms in total. The molecule has 0 saturated heterocycles. The van der Waals surface area contributed by atoms with E-state index in [0.717, 1.165) is 18.7 Å². The van der Waals surface area contributed by atoms with Gasteiger partial charge in [-0.1, -0.05) is 24.3 Å². The lowest BCUT2D eigenvalue weighted by Gasteiger charge is -2.19. The van der Waals surface area contributed by atoms with Crippen molar-refractivity contribution in [2.45, 2.75) is 13.0 Å². The van der Waals surface area contributed by atoms with Crippen LogP contribution in [0.1, 0.15) is 16.8 Å². The number of allylic oxidation sites excluding steroid dienone is 1. The smallest absolute Gasteiger partial charge is 0.262 e. The molecule has 3 rings (SSSR count). The van der Waals surface area contributed by atoms with E-state index in [-0.39, 0.29) is 11.5 Å². The van der Waals surface area contributed by atoms with Crippen LogP contribution in [0.5, 0.6) is 0 Å². The molecule has 0 spiro atoms. The van der Waals surface area contributed by atoms with Crippen molar-refractivity contribution in [1.29, 1.82) is 0 Å². The van der Waals surface area contributed by atoms with Crippen LogP contribution in [0, 0.1) is 4.77 Å². The maximum absolute atomic E-state index is 12.5. The number of para-hydroxylation sites is 1. The standard InChI is InChI=1S/C22H24N4O2S/c1-3-13-26-21(28)18-11-10-16(15-19(18)24-22(26)29)20(27)23-12-7-14-25(2)17-8-5-4-6-9-17/h3-6,8-11,15H,1,7,12-14H2,2H3,(H,23,27)(H,24,29). The van der Waals surface area contributed by atoms with Gasteiger partial charge in [0.1, 0.15) is 0 Å². The van der Waals surface area contributed by atoms with Crippen LogP contribution in [0.25, 0.3) is 10.9 Å². The summed E-state index contributed by atoms with van der Waals surface area (Å²) in [5.74, 6) is -0.177. The molecular formula is C22H24N4O2S. The minimum atomic E-state index is -0.195. The van der Waals surface area contributed by atoms with Crippen molar-refractivity contribution in [3.05, 3.63) is 81.9 Å². The van der Waals surface area contributed by atoms with Gasteiger partial charge in [-0.25, -0.2) is 0 Å². The molecule has 2 N–H and O–H groups in total. The number of aromatic nitrogens is 2. The number of nitrogens with zero attached hydrogens (tertiary/aromatic N) is 2. The van der Waals surface area contributed by atoms with Crippen molar-refractivity contribution >= 4 is 34.7 Å². The number of hydrogen-bond acceptors (Lipinski definition) is 4. The van der Waals surface area contributed by atoms with E-state index in [2.05, 4.69) is 33.9 Å². The summed E-state index contributed by atoms with van der Waals surface area (Å²) in [7, 11) is 2.03. The lowest BCUT2D eigenvalue weighted by atomic mass is 10.1. The van der Waals surface area contributed by atoms with E-state index in [9.17, 15) is 9.59 Å². The SMILES string of the molecule is C=CCn1c(=S)[nH]c2cc(C(=O)NCCCN(C)c3ccccc3)ccc2c1=O. The van der Waals surface area contributed by atoms with Crippen LogP contribution >= 0.6 is 12.2 Å². The topological polar surface area (TPSA) is 70.1 Å². The first-order valence-electron chi connectivity index (χ1n) is 9.43. The number of H-pyrrole nitrogens is 1. The average molecular weight is 409 g/mol. The van der Waals surface area contributed by atoms with Gasteiger partial charge in [-0.05, 0) is 49.0 Å². The van der Waals surface area contributed by atoms with Gasteiger partial charge < -0.3 is 15.2 Å². The van der Waals surface area contributed by atoms with Gasteiger partial charge in [-0.3, -0.25) is 14.2 Å². The molecule has 0 aliphatic rings. The molecule has 0 saturated carbocycles. The van der Waals surface area contributed by atoms with Crippen LogP contribution in [0.3, 0.4) is 0 Å². The van der Waals surface area contributed by atoms with Gasteiger partial charge in [0.25, 0.3) is 11.5 Å². The number of fused-ring (bicyclic) bond motifs is 1. The summed E-state index contributed by atoms with van der Waals surface area (Å²) in [6.45, 7) is 5.37. The van der Waals surface area contributed by atoms with E-state index in [0.29, 0.717) is 34.3 Å². The minimum Gasteiger partial charge on any atom is -0.375 e. The number of carbonyl (C=O) groups is 1. The quantitative estimate of drug-likeness (QED) is 0.340. The van der Waals surface area contributed by atoms with Crippen LogP contribution in [-0.4, -0.2) is 35.6 Å². The summed E-state index contributed by atoms with van der Waals surface area (Å²) in [6.07, 6.45) is 2.44. The Morgan fingerprint density at radius 3 is 2.76 bits per heavy atom. The van der Waals surface area contributed by atoms with Crippen LogP contribution < -0.4 is 15.8 Å². The van der Waals surface area contributed by atoms with Crippen LogP contribution in [0.2, 0.25) is 0 Å². The second-order valence-electron chi connectivity index (χ2n) is 6.76. The highest BCUT2D eigenvalue weighted by molar-refractivity contribution is 7.71. The van der Waals surface area contributed by atoms with Gasteiger partial charge >= 0.3 is 0 Å². The van der Waals surface area contributed by atoms with Gasteiger partial charge in [-0.2, -0.15) is 0 Å². The molecule has 0 fully saturated rings. The molecule has 3 aromatic rings. The van der Waals surface area contributed by atoms with E-state index in [1.54, 1.807) is 24.3 Å². The van der Waals surface area contributed by atoms with Crippen molar-refractivity contribution < 1.29 is 4.79 Å². The fraction of sp³-hybridized carbons (Fsp3) is 0.227. The minimum absolute atomic E-state index is 0.177. The summed E-state index contributed by atoms with van der Waals surface area (Å²) in [5.41, 5.74) is 1.99. The molecule has 1 amide bonds. The molecule has 2 aromatic carbocycles. The van der Waals surface area contributed by atoms with Crippen molar-refractivity contribution in [2.75, 3.05) is 25.0 Å². The Morgan fingerprint density at radius 2 is 2.03 bits per heavy atom. The molecule has 0 atom stereocenters. The molecule has 0 unspecified atom stereocenters. The number of anilines is 1. The molecule has 1 heterocycles. The summed E-state index contributed by atoms with van der Waals surface area (Å²) in [6, 6.07) is 15.1. The Labute approximate surface area is 174 Å². The lowest BCUT2D eigenvalue weighted by Crippen LogP contribution is -2.28. The van der Waals surface area contributed by atoms with Crippen molar-refractivity contribution in [3.8, 4) is 0 Å². The average Bonchev–Trinajstić information content (AvgIpc) is 2.74. The van der Waals surface area contributed by atoms with Gasteiger partial charge in [0, 0.05) is 37.9 Å². The van der Waals surface area contributed by atoms with E-state index in [1.165, 1.54) is 4.57 Å². The second kappa shape index (κ2) is 9.34. The third-order valence-corrected chi connectivity index (χ3v) is 5.03. The Kier molecular flexibility index (Phi) is 6.61. The molecule has 7 heteroatoms. The first-order valence-corrected chi connectivity index (χ1v) is 9.84. The monoisotopic (exact) mass is 408 g/mol. The summed E-state index contributed by atoms with van der Waals surface area (Å²) < 4.78 is 1.75. The van der Waals surface area contributed by atoms with Crippen LogP contribution in [-0.2, 0) is 6.54 Å². The van der Waals surface area contributed by atoms with Crippen molar-refractivity contribution in [3.63, 3.8) is 0 Å². The maximum atomic E-state index is 12.5. The van der Waals surface area contributed by atoms with Gasteiger partial charge in [0.2, 0.25) is 0 Å². The number of nitrogens with one attached hydrogen (secondary N) is 2. The number of rotatable bonds is 8. The van der Waals surface area contributed by atoms with Crippen molar-refractivity contribution in [1.82, 2.24) is 14.9 Å². The van der Waals surface area contributed by atoms with Crippen LogP contribution in [0.4, 0.5) is 5.69 Å². The summed E-state index contributed by atoms with van der Waals surface area (Å²) >= 11 is 5.25. The van der Waals surface area contributed by atoms with E-state index in [4.69, 9.17) is 12.2 Å². The zero-order valence-corrected chi connectivity index (χ0v) is 17.2. The van der Waals surface area contributed by atoms with E-state index < -0.39 is 0 Å². The Balaban J connectivity index is 1.63. The predicted molar refractivity (Wildman–Crippen MR) is 120 cm³/mol. The third-order valence-electron chi connectivity index (χ3n) is 4.71. The largest absolute Gasteiger partial charge is 0.375 e. The third kappa shape index (κ3) is 4.81. The molecule has 29 heavy (non-hydrogen) atoms. The van der Waals surface area contributed by atoms with Crippen molar-refractivity contribution in [2.24, 2.45) is 0 Å². The molecule has 0 aliphatic carbocycles. The van der Waals surface area contributed by atoms with Gasteiger partial charge in [0.15, 0.2) is 4.77 Å². The molecule has 0 radical (unpaired) electrons. The number of aromatic amines is 1. The highest BCUT2D eigenvalue weighted by Crippen LogP contribution is 2.12. The Hall–Kier alpha value is -3.19. The zero-order valence-electron chi connectivity index (χ0n) is 16.4. The van der Waals surface area contributed by atoms with Gasteiger partial charge in [-0.15, -0.1) is 6.58 Å². The fourth-order valence-corrected chi connectivity index (χ4v) is 3.39. The second-order valence-corrected chi connectivity index (χ2v) is 7.15. The molecule has 0 aliphatic heterocycles. The summed E-state index contributed by atoms with van der Waals surface area (Å²) in [4.78, 5) is 30.2. The molecule has 150 valence electrons. The Morgan fingerprint density at radius 1 is 1.28 bits per heavy atom. The van der Waals surface area contributed by atoms with E-state index in [1.807, 2.05) is 25.2 Å². The fourth-order valence-electron chi connectivity index (χ4n) is 3.12. The highest BCUT2D eigenvalue weighted by atomic mass is 32.1. The number of carbonyl (C=O) groups excluding carboxylic acids is 1. The number of hydrogen-bond donors (Lipinski definition) is 2. The predicted octanol–water partition coefficient (Wildman–Crippen LogP) is 3.50. The first kappa shape index (κ1) is 20.5. The molecule has 0 bridgehead atoms. The maximum Gasteiger partial charge on any atom is 0.262 e. The highest BCUT2D eigenvalue weighted by Gasteiger charge is 2.10. The number of benzene rings is 2. The first-order chi connectivity index (χ1) is 14.0. The van der Waals surface area contributed by atoms with Gasteiger partial charge in [0.05, 0.1) is 10.9 Å². The molecular weight excluding hydrogens is 384 g/mol. The number of amides is 1. The summed E-state index contributed by atoms with van der Waals surface area (Å²) in [5, 5.41) is 3.42. The zero-order chi connectivity index (χ0) is 20.8.